The van der Waals surface area contributed by atoms with Crippen molar-refractivity contribution in [2.24, 2.45) is 0 Å². The van der Waals surface area contributed by atoms with Crippen LogP contribution in [0.2, 0.25) is 0 Å². The molecular formula is C17H18N4O3. The zero-order valence-corrected chi connectivity index (χ0v) is 13.5. The third-order valence-electron chi connectivity index (χ3n) is 3.06. The smallest absolute Gasteiger partial charge is 0.260 e. The second-order valence-electron chi connectivity index (χ2n) is 4.69. The average molecular weight is 326 g/mol. The van der Waals surface area contributed by atoms with Crippen molar-refractivity contribution in [3.8, 4) is 29.7 Å². The predicted octanol–water partition coefficient (Wildman–Crippen LogP) is 1.99. The van der Waals surface area contributed by atoms with Gasteiger partial charge in [0.2, 0.25) is 0 Å². The van der Waals surface area contributed by atoms with Gasteiger partial charge in [-0.25, -0.2) is 0 Å². The number of rotatable bonds is 9. The molecule has 0 unspecified atom stereocenters. The van der Waals surface area contributed by atoms with Gasteiger partial charge in [0, 0.05) is 19.2 Å². The van der Waals surface area contributed by atoms with E-state index in [1.54, 1.807) is 25.1 Å². The van der Waals surface area contributed by atoms with Crippen LogP contribution in [0.3, 0.4) is 0 Å². The summed E-state index contributed by atoms with van der Waals surface area (Å²) >= 11 is 0. The van der Waals surface area contributed by atoms with Crippen LogP contribution >= 0.6 is 0 Å². The van der Waals surface area contributed by atoms with Crippen LogP contribution < -0.4 is 9.47 Å². The summed E-state index contributed by atoms with van der Waals surface area (Å²) in [5.41, 5.74) is 0.432. The van der Waals surface area contributed by atoms with E-state index >= 15 is 0 Å². The van der Waals surface area contributed by atoms with Crippen molar-refractivity contribution in [3.63, 3.8) is 0 Å². The number of hydrogen-bond acceptors (Lipinski definition) is 6. The molecule has 1 aromatic carbocycles. The lowest BCUT2D eigenvalue weighted by atomic mass is 10.2. The summed E-state index contributed by atoms with van der Waals surface area (Å²) in [6.45, 7) is 2.48. The lowest BCUT2D eigenvalue weighted by Gasteiger charge is -2.21. The van der Waals surface area contributed by atoms with E-state index in [9.17, 15) is 4.79 Å². The summed E-state index contributed by atoms with van der Waals surface area (Å²) in [6.07, 6.45) is 0.385. The zero-order chi connectivity index (χ0) is 17.8. The first-order valence-corrected chi connectivity index (χ1v) is 7.47. The van der Waals surface area contributed by atoms with Crippen LogP contribution in [0.25, 0.3) is 0 Å². The van der Waals surface area contributed by atoms with Gasteiger partial charge >= 0.3 is 0 Å². The first kappa shape index (κ1) is 18.8. The van der Waals surface area contributed by atoms with Gasteiger partial charge in [0.05, 0.1) is 43.2 Å². The van der Waals surface area contributed by atoms with Gasteiger partial charge in [0.25, 0.3) is 5.91 Å². The summed E-state index contributed by atoms with van der Waals surface area (Å²) in [4.78, 5) is 13.6. The molecule has 0 radical (unpaired) electrons. The largest absolute Gasteiger partial charge is 0.490 e. The summed E-state index contributed by atoms with van der Waals surface area (Å²) in [5, 5.41) is 26.2. The minimum atomic E-state index is -0.313. The van der Waals surface area contributed by atoms with Crippen LogP contribution in [0, 0.1) is 34.0 Å². The minimum Gasteiger partial charge on any atom is -0.490 e. The molecule has 0 spiro atoms. The average Bonchev–Trinajstić information content (AvgIpc) is 2.60. The summed E-state index contributed by atoms with van der Waals surface area (Å²) < 4.78 is 10.9. The Labute approximate surface area is 141 Å². The molecule has 0 saturated carbocycles. The molecule has 24 heavy (non-hydrogen) atoms. The molecule has 0 atom stereocenters. The van der Waals surface area contributed by atoms with Crippen molar-refractivity contribution in [2.75, 3.05) is 26.3 Å². The third kappa shape index (κ3) is 5.87. The van der Waals surface area contributed by atoms with Crippen molar-refractivity contribution in [1.82, 2.24) is 4.90 Å². The van der Waals surface area contributed by atoms with Crippen LogP contribution in [0.5, 0.6) is 11.5 Å². The van der Waals surface area contributed by atoms with Crippen molar-refractivity contribution in [3.05, 3.63) is 23.8 Å². The van der Waals surface area contributed by atoms with Crippen LogP contribution in [0.15, 0.2) is 18.2 Å². The quantitative estimate of drug-likeness (QED) is 0.686. The molecule has 1 rings (SSSR count). The molecule has 0 bridgehead atoms. The molecule has 1 aromatic rings. The van der Waals surface area contributed by atoms with E-state index in [-0.39, 0.29) is 38.4 Å². The number of ether oxygens (including phenoxy) is 2. The Morgan fingerprint density at radius 2 is 1.75 bits per heavy atom. The van der Waals surface area contributed by atoms with Gasteiger partial charge in [-0.2, -0.15) is 15.8 Å². The zero-order valence-electron chi connectivity index (χ0n) is 13.5. The Bertz CT molecular complexity index is 665. The maximum Gasteiger partial charge on any atom is 0.260 e. The van der Waals surface area contributed by atoms with E-state index in [4.69, 9.17) is 25.3 Å². The molecule has 0 saturated heterocycles. The van der Waals surface area contributed by atoms with E-state index in [0.29, 0.717) is 23.7 Å². The second-order valence-corrected chi connectivity index (χ2v) is 4.69. The number of nitrogens with zero attached hydrogens (tertiary/aromatic N) is 4. The molecule has 0 aromatic heterocycles. The first-order valence-electron chi connectivity index (χ1n) is 7.47. The van der Waals surface area contributed by atoms with Crippen LogP contribution in [-0.2, 0) is 4.79 Å². The topological polar surface area (TPSA) is 110 Å². The summed E-state index contributed by atoms with van der Waals surface area (Å²) in [6, 6.07) is 10.7. The monoisotopic (exact) mass is 326 g/mol. The lowest BCUT2D eigenvalue weighted by molar-refractivity contribution is -0.133. The maximum atomic E-state index is 12.2. The molecule has 124 valence electrons. The highest BCUT2D eigenvalue weighted by Gasteiger charge is 2.15. The van der Waals surface area contributed by atoms with Gasteiger partial charge < -0.3 is 14.4 Å². The number of carbonyl (C=O) groups excluding carboxylic acids is 1. The Morgan fingerprint density at radius 1 is 1.08 bits per heavy atom. The van der Waals surface area contributed by atoms with Crippen LogP contribution in [0.4, 0.5) is 0 Å². The number of benzene rings is 1. The Kier molecular flexibility index (Phi) is 8.21. The lowest BCUT2D eigenvalue weighted by Crippen LogP contribution is -2.36. The highest BCUT2D eigenvalue weighted by molar-refractivity contribution is 5.78. The fourth-order valence-electron chi connectivity index (χ4n) is 1.93. The number of amides is 1. The molecule has 0 fully saturated rings. The molecule has 0 aliphatic carbocycles. The van der Waals surface area contributed by atoms with Crippen molar-refractivity contribution in [2.45, 2.75) is 19.8 Å². The third-order valence-corrected chi connectivity index (χ3v) is 3.06. The van der Waals surface area contributed by atoms with Crippen LogP contribution in [0.1, 0.15) is 25.3 Å². The van der Waals surface area contributed by atoms with Gasteiger partial charge in [-0.05, 0) is 19.1 Å². The number of carbonyl (C=O) groups is 1. The number of hydrogen-bond donors (Lipinski definition) is 0. The fraction of sp³-hybridized carbons (Fsp3) is 0.412. The molecule has 7 heteroatoms. The molecule has 0 heterocycles. The maximum absolute atomic E-state index is 12.2. The molecule has 1 amide bonds. The number of nitriles is 3. The molecule has 0 N–H and O–H groups in total. The molecular weight excluding hydrogens is 308 g/mol. The van der Waals surface area contributed by atoms with E-state index in [1.807, 2.05) is 18.2 Å². The Balaban J connectivity index is 2.75. The van der Waals surface area contributed by atoms with E-state index in [2.05, 4.69) is 0 Å². The Morgan fingerprint density at radius 3 is 2.29 bits per heavy atom. The summed E-state index contributed by atoms with van der Waals surface area (Å²) in [5.74, 6) is 0.446. The van der Waals surface area contributed by atoms with E-state index in [0.717, 1.165) is 0 Å². The van der Waals surface area contributed by atoms with Gasteiger partial charge in [-0.3, -0.25) is 4.79 Å². The van der Waals surface area contributed by atoms with Crippen molar-refractivity contribution in [1.29, 1.82) is 15.8 Å². The highest BCUT2D eigenvalue weighted by atomic mass is 16.5. The van der Waals surface area contributed by atoms with Gasteiger partial charge in [-0.1, -0.05) is 0 Å². The first-order chi connectivity index (χ1) is 11.7. The summed E-state index contributed by atoms with van der Waals surface area (Å²) in [7, 11) is 0. The predicted molar refractivity (Wildman–Crippen MR) is 84.9 cm³/mol. The standard InChI is InChI=1S/C17H18N4O3/c1-2-23-16-11-14(12-20)5-6-15(16)24-13-17(22)21(9-3-7-18)10-4-8-19/h5-6,11H,2-4,9-10,13H2,1H3. The highest BCUT2D eigenvalue weighted by Crippen LogP contribution is 2.28. The SMILES string of the molecule is CCOc1cc(C#N)ccc1OCC(=O)N(CCC#N)CCC#N. The molecule has 0 aliphatic heterocycles. The second kappa shape index (κ2) is 10.5. The van der Waals surface area contributed by atoms with Crippen molar-refractivity contribution >= 4 is 5.91 Å². The van der Waals surface area contributed by atoms with E-state index in [1.165, 1.54) is 4.90 Å². The fourth-order valence-corrected chi connectivity index (χ4v) is 1.93. The normalized spacial score (nSPS) is 9.25. The van der Waals surface area contributed by atoms with Gasteiger partial charge in [-0.15, -0.1) is 0 Å². The molecule has 7 nitrogen and oxygen atoms in total. The van der Waals surface area contributed by atoms with Gasteiger partial charge in [0.15, 0.2) is 18.1 Å². The van der Waals surface area contributed by atoms with Gasteiger partial charge in [0.1, 0.15) is 0 Å². The minimum absolute atomic E-state index is 0.193. The van der Waals surface area contributed by atoms with Crippen LogP contribution in [-0.4, -0.2) is 37.1 Å². The Hall–Kier alpha value is -3.24. The molecule has 0 aliphatic rings. The van der Waals surface area contributed by atoms with E-state index < -0.39 is 0 Å². The van der Waals surface area contributed by atoms with Crippen molar-refractivity contribution < 1.29 is 14.3 Å².